The van der Waals surface area contributed by atoms with Gasteiger partial charge >= 0.3 is 0 Å². The van der Waals surface area contributed by atoms with Crippen molar-refractivity contribution < 1.29 is 9.84 Å². The molecule has 108 valence electrons. The minimum Gasteiger partial charge on any atom is -0.390 e. The van der Waals surface area contributed by atoms with E-state index in [9.17, 15) is 5.11 Å². The third-order valence-electron chi connectivity index (χ3n) is 3.62. The zero-order valence-corrected chi connectivity index (χ0v) is 12.1. The lowest BCUT2D eigenvalue weighted by atomic mass is 10.1. The largest absolute Gasteiger partial charge is 0.390 e. The second-order valence-electron chi connectivity index (χ2n) is 4.94. The number of hydrogen-bond acceptors (Lipinski definition) is 6. The van der Waals surface area contributed by atoms with Crippen LogP contribution in [0.3, 0.4) is 0 Å². The van der Waals surface area contributed by atoms with E-state index >= 15 is 0 Å². The first-order valence-corrected chi connectivity index (χ1v) is 7.69. The van der Waals surface area contributed by atoms with Crippen LogP contribution in [0, 0.1) is 0 Å². The van der Waals surface area contributed by atoms with Crippen molar-refractivity contribution in [3.05, 3.63) is 35.2 Å². The van der Waals surface area contributed by atoms with Gasteiger partial charge in [0.25, 0.3) is 0 Å². The number of aromatic nitrogens is 4. The second kappa shape index (κ2) is 5.18. The van der Waals surface area contributed by atoms with Gasteiger partial charge in [-0.3, -0.25) is 4.98 Å². The van der Waals surface area contributed by atoms with Crippen LogP contribution in [0.1, 0.15) is 29.6 Å². The molecule has 0 aliphatic carbocycles. The van der Waals surface area contributed by atoms with Gasteiger partial charge in [0.05, 0.1) is 18.0 Å². The Hall–Kier alpha value is -1.83. The first-order valence-electron chi connectivity index (χ1n) is 6.88. The Balaban J connectivity index is 1.81. The van der Waals surface area contributed by atoms with Gasteiger partial charge in [0.2, 0.25) is 4.96 Å². The summed E-state index contributed by atoms with van der Waals surface area (Å²) in [7, 11) is 0. The zero-order valence-electron chi connectivity index (χ0n) is 11.3. The highest BCUT2D eigenvalue weighted by Crippen LogP contribution is 2.33. The molecule has 1 aliphatic rings. The van der Waals surface area contributed by atoms with Crippen molar-refractivity contribution >= 4 is 16.3 Å². The first kappa shape index (κ1) is 12.9. The van der Waals surface area contributed by atoms with Gasteiger partial charge in [-0.2, -0.15) is 5.10 Å². The maximum Gasteiger partial charge on any atom is 0.213 e. The summed E-state index contributed by atoms with van der Waals surface area (Å²) in [4.78, 5) is 9.42. The van der Waals surface area contributed by atoms with E-state index in [-0.39, 0.29) is 12.7 Å². The SMILES string of the molecule is OCc1c(-c2ccncc2)nc2sc(C3CCCO3)nn12. The Kier molecular flexibility index (Phi) is 3.17. The Labute approximate surface area is 125 Å². The average molecular weight is 302 g/mol. The molecule has 21 heavy (non-hydrogen) atoms. The molecule has 6 nitrogen and oxygen atoms in total. The summed E-state index contributed by atoms with van der Waals surface area (Å²) in [5.41, 5.74) is 2.40. The molecule has 3 aromatic heterocycles. The van der Waals surface area contributed by atoms with Crippen LogP contribution in [0.25, 0.3) is 16.2 Å². The van der Waals surface area contributed by atoms with Crippen LogP contribution < -0.4 is 0 Å². The van der Waals surface area contributed by atoms with E-state index in [0.717, 1.165) is 40.7 Å². The molecule has 0 bridgehead atoms. The van der Waals surface area contributed by atoms with Crippen LogP contribution in [-0.4, -0.2) is 31.3 Å². The highest BCUT2D eigenvalue weighted by Gasteiger charge is 2.24. The molecule has 0 amide bonds. The van der Waals surface area contributed by atoms with Gasteiger partial charge in [0.1, 0.15) is 11.1 Å². The standard InChI is InChI=1S/C14H14N4O2S/c19-8-10-12(9-3-5-15-6-4-9)16-14-18(10)17-13(21-14)11-2-1-7-20-11/h3-6,11,19H,1-2,7-8H2. The molecule has 4 heterocycles. The van der Waals surface area contributed by atoms with Crippen molar-refractivity contribution in [1.29, 1.82) is 0 Å². The van der Waals surface area contributed by atoms with Gasteiger partial charge in [-0.1, -0.05) is 11.3 Å². The minimum atomic E-state index is -0.104. The van der Waals surface area contributed by atoms with Gasteiger partial charge in [-0.05, 0) is 25.0 Å². The number of nitrogens with zero attached hydrogens (tertiary/aromatic N) is 4. The van der Waals surface area contributed by atoms with E-state index in [4.69, 9.17) is 4.74 Å². The Morgan fingerprint density at radius 1 is 1.38 bits per heavy atom. The molecule has 1 atom stereocenters. The van der Waals surface area contributed by atoms with E-state index in [1.807, 2.05) is 12.1 Å². The predicted molar refractivity (Wildman–Crippen MR) is 77.9 cm³/mol. The summed E-state index contributed by atoms with van der Waals surface area (Å²) in [6, 6.07) is 3.76. The summed E-state index contributed by atoms with van der Waals surface area (Å²) in [6.07, 6.45) is 5.58. The fourth-order valence-corrected chi connectivity index (χ4v) is 3.59. The van der Waals surface area contributed by atoms with E-state index in [2.05, 4.69) is 15.1 Å². The summed E-state index contributed by atoms with van der Waals surface area (Å²) in [6.45, 7) is 0.690. The Morgan fingerprint density at radius 2 is 2.24 bits per heavy atom. The summed E-state index contributed by atoms with van der Waals surface area (Å²) in [5.74, 6) is 0. The van der Waals surface area contributed by atoms with E-state index < -0.39 is 0 Å². The molecule has 0 radical (unpaired) electrons. The van der Waals surface area contributed by atoms with Gasteiger partial charge in [0.15, 0.2) is 0 Å². The number of aliphatic hydroxyl groups is 1. The van der Waals surface area contributed by atoms with Crippen LogP contribution in [-0.2, 0) is 11.3 Å². The predicted octanol–water partition coefficient (Wildman–Crippen LogP) is 2.20. The highest BCUT2D eigenvalue weighted by molar-refractivity contribution is 7.16. The maximum absolute atomic E-state index is 9.70. The smallest absolute Gasteiger partial charge is 0.213 e. The molecule has 4 rings (SSSR count). The molecule has 1 fully saturated rings. The third-order valence-corrected chi connectivity index (χ3v) is 4.62. The number of imidazole rings is 1. The van der Waals surface area contributed by atoms with E-state index in [0.29, 0.717) is 5.69 Å². The number of pyridine rings is 1. The number of hydrogen-bond donors (Lipinski definition) is 1. The molecular formula is C14H14N4O2S. The average Bonchev–Trinajstić information content (AvgIpc) is 3.22. The fraction of sp³-hybridized carbons (Fsp3) is 0.357. The molecule has 3 aromatic rings. The van der Waals surface area contributed by atoms with Crippen LogP contribution in [0.15, 0.2) is 24.5 Å². The van der Waals surface area contributed by atoms with Crippen molar-refractivity contribution in [2.45, 2.75) is 25.6 Å². The molecule has 0 spiro atoms. The van der Waals surface area contributed by atoms with Crippen molar-refractivity contribution in [3.8, 4) is 11.3 Å². The lowest BCUT2D eigenvalue weighted by Gasteiger charge is -2.03. The number of ether oxygens (including phenoxy) is 1. The van der Waals surface area contributed by atoms with Gasteiger partial charge < -0.3 is 9.84 Å². The first-order chi connectivity index (χ1) is 10.4. The van der Waals surface area contributed by atoms with Crippen LogP contribution >= 0.6 is 11.3 Å². The Bertz CT molecular complexity index is 762. The van der Waals surface area contributed by atoms with Crippen LogP contribution in [0.4, 0.5) is 0 Å². The summed E-state index contributed by atoms with van der Waals surface area (Å²) < 4.78 is 7.40. The molecule has 1 saturated heterocycles. The molecule has 0 saturated carbocycles. The summed E-state index contributed by atoms with van der Waals surface area (Å²) >= 11 is 1.53. The lowest BCUT2D eigenvalue weighted by molar-refractivity contribution is 0.111. The fourth-order valence-electron chi connectivity index (χ4n) is 2.59. The molecule has 7 heteroatoms. The van der Waals surface area contributed by atoms with Crippen molar-refractivity contribution in [2.24, 2.45) is 0 Å². The van der Waals surface area contributed by atoms with Gasteiger partial charge in [-0.15, -0.1) is 0 Å². The van der Waals surface area contributed by atoms with E-state index in [1.165, 1.54) is 11.3 Å². The van der Waals surface area contributed by atoms with Gasteiger partial charge in [0, 0.05) is 24.6 Å². The van der Waals surface area contributed by atoms with Crippen molar-refractivity contribution in [2.75, 3.05) is 6.61 Å². The highest BCUT2D eigenvalue weighted by atomic mass is 32.1. The molecule has 1 aliphatic heterocycles. The van der Waals surface area contributed by atoms with Crippen molar-refractivity contribution in [3.63, 3.8) is 0 Å². The molecule has 1 N–H and O–H groups in total. The summed E-state index contributed by atoms with van der Waals surface area (Å²) in [5, 5.41) is 15.2. The topological polar surface area (TPSA) is 72.5 Å². The molecule has 0 aromatic carbocycles. The van der Waals surface area contributed by atoms with Crippen molar-refractivity contribution in [1.82, 2.24) is 19.6 Å². The number of rotatable bonds is 3. The number of fused-ring (bicyclic) bond motifs is 1. The van der Waals surface area contributed by atoms with Crippen LogP contribution in [0.2, 0.25) is 0 Å². The minimum absolute atomic E-state index is 0.0765. The normalized spacial score (nSPS) is 18.6. The third kappa shape index (κ3) is 2.14. The maximum atomic E-state index is 9.70. The zero-order chi connectivity index (χ0) is 14.2. The second-order valence-corrected chi connectivity index (χ2v) is 5.92. The van der Waals surface area contributed by atoms with Crippen LogP contribution in [0.5, 0.6) is 0 Å². The Morgan fingerprint density at radius 3 is 2.95 bits per heavy atom. The van der Waals surface area contributed by atoms with E-state index in [1.54, 1.807) is 16.9 Å². The number of aliphatic hydroxyl groups excluding tert-OH is 1. The lowest BCUT2D eigenvalue weighted by Crippen LogP contribution is -2.00. The molecule has 1 unspecified atom stereocenters. The monoisotopic (exact) mass is 302 g/mol. The van der Waals surface area contributed by atoms with Gasteiger partial charge in [-0.25, -0.2) is 9.50 Å². The molecular weight excluding hydrogens is 288 g/mol. The quantitative estimate of drug-likeness (QED) is 0.803.